The van der Waals surface area contributed by atoms with Gasteiger partial charge in [0.05, 0.1) is 23.6 Å². The lowest BCUT2D eigenvalue weighted by Crippen LogP contribution is -2.23. The zero-order valence-corrected chi connectivity index (χ0v) is 18.6. The van der Waals surface area contributed by atoms with Crippen molar-refractivity contribution in [3.05, 3.63) is 79.7 Å². The standard InChI is InChI=1S/C21H19Cl2N3O3S/c1-12-16(10-19(27)25-14-6-7-17(22)18(23)9-14)20(28)26-21(24-12)30-11-13-4-3-5-15(8-13)29-2/h3-9H,10-11H2,1-2H3,(H,25,27)(H,24,26,28). The number of amides is 1. The first-order chi connectivity index (χ1) is 14.4. The van der Waals surface area contributed by atoms with Crippen LogP contribution in [0.5, 0.6) is 5.75 Å². The number of halogens is 2. The lowest BCUT2D eigenvalue weighted by atomic mass is 10.1. The number of thioether (sulfide) groups is 1. The van der Waals surface area contributed by atoms with Crippen molar-refractivity contribution in [2.24, 2.45) is 0 Å². The molecule has 0 aliphatic carbocycles. The number of methoxy groups -OCH3 is 1. The summed E-state index contributed by atoms with van der Waals surface area (Å²) in [5, 5.41) is 3.93. The Hall–Kier alpha value is -2.48. The molecule has 30 heavy (non-hydrogen) atoms. The number of carbonyl (C=O) groups excluding carboxylic acids is 1. The highest BCUT2D eigenvalue weighted by molar-refractivity contribution is 7.98. The maximum atomic E-state index is 12.5. The zero-order valence-electron chi connectivity index (χ0n) is 16.3. The maximum Gasteiger partial charge on any atom is 0.255 e. The minimum Gasteiger partial charge on any atom is -0.497 e. The molecule has 0 fully saturated rings. The molecular formula is C21H19Cl2N3O3S. The summed E-state index contributed by atoms with van der Waals surface area (Å²) in [7, 11) is 1.62. The van der Waals surface area contributed by atoms with Gasteiger partial charge in [0.2, 0.25) is 5.91 Å². The predicted molar refractivity (Wildman–Crippen MR) is 121 cm³/mol. The Morgan fingerprint density at radius 1 is 1.20 bits per heavy atom. The summed E-state index contributed by atoms with van der Waals surface area (Å²) < 4.78 is 5.22. The summed E-state index contributed by atoms with van der Waals surface area (Å²) in [5.74, 6) is 1.05. The fourth-order valence-corrected chi connectivity index (χ4v) is 3.86. The lowest BCUT2D eigenvalue weighted by Gasteiger charge is -2.09. The molecule has 156 valence electrons. The third-order valence-electron chi connectivity index (χ3n) is 4.25. The number of rotatable bonds is 7. The van der Waals surface area contributed by atoms with Gasteiger partial charge in [0.1, 0.15) is 5.75 Å². The molecule has 0 aliphatic rings. The first-order valence-corrected chi connectivity index (χ1v) is 10.7. The highest BCUT2D eigenvalue weighted by Gasteiger charge is 2.14. The van der Waals surface area contributed by atoms with E-state index in [9.17, 15) is 9.59 Å². The van der Waals surface area contributed by atoms with Crippen molar-refractivity contribution in [3.8, 4) is 5.75 Å². The number of aromatic nitrogens is 2. The van der Waals surface area contributed by atoms with Crippen molar-refractivity contribution < 1.29 is 9.53 Å². The number of anilines is 1. The Labute approximate surface area is 188 Å². The number of H-pyrrole nitrogens is 1. The number of nitrogens with zero attached hydrogens (tertiary/aromatic N) is 1. The van der Waals surface area contributed by atoms with Gasteiger partial charge in [0.25, 0.3) is 5.56 Å². The van der Waals surface area contributed by atoms with Crippen molar-refractivity contribution in [2.75, 3.05) is 12.4 Å². The first-order valence-electron chi connectivity index (χ1n) is 8.96. The summed E-state index contributed by atoms with van der Waals surface area (Å²) in [4.78, 5) is 32.0. The van der Waals surface area contributed by atoms with E-state index in [1.807, 2.05) is 24.3 Å². The molecule has 1 amide bonds. The lowest BCUT2D eigenvalue weighted by molar-refractivity contribution is -0.115. The van der Waals surface area contributed by atoms with Gasteiger partial charge < -0.3 is 15.0 Å². The van der Waals surface area contributed by atoms with Gasteiger partial charge in [-0.3, -0.25) is 9.59 Å². The molecule has 6 nitrogen and oxygen atoms in total. The van der Waals surface area contributed by atoms with Crippen LogP contribution in [0.25, 0.3) is 0 Å². The van der Waals surface area contributed by atoms with Crippen LogP contribution >= 0.6 is 35.0 Å². The van der Waals surface area contributed by atoms with Crippen LogP contribution in [0.15, 0.2) is 52.4 Å². The molecular weight excluding hydrogens is 445 g/mol. The molecule has 0 bridgehead atoms. The SMILES string of the molecule is COc1cccc(CSc2nc(C)c(CC(=O)Nc3ccc(Cl)c(Cl)c3)c(=O)[nH]2)c1. The Bertz CT molecular complexity index is 1130. The molecule has 0 spiro atoms. The zero-order chi connectivity index (χ0) is 21.7. The molecule has 0 unspecified atom stereocenters. The third kappa shape index (κ3) is 5.78. The van der Waals surface area contributed by atoms with Crippen LogP contribution in [0.1, 0.15) is 16.8 Å². The van der Waals surface area contributed by atoms with Crippen molar-refractivity contribution in [3.63, 3.8) is 0 Å². The van der Waals surface area contributed by atoms with E-state index in [0.717, 1.165) is 11.3 Å². The van der Waals surface area contributed by atoms with E-state index in [1.165, 1.54) is 11.8 Å². The number of aromatic amines is 1. The summed E-state index contributed by atoms with van der Waals surface area (Å²) >= 11 is 13.2. The molecule has 9 heteroatoms. The highest BCUT2D eigenvalue weighted by Crippen LogP contribution is 2.25. The van der Waals surface area contributed by atoms with Gasteiger partial charge >= 0.3 is 0 Å². The highest BCUT2D eigenvalue weighted by atomic mass is 35.5. The number of ether oxygens (including phenoxy) is 1. The number of benzene rings is 2. The van der Waals surface area contributed by atoms with Crippen LogP contribution in [-0.4, -0.2) is 23.0 Å². The van der Waals surface area contributed by atoms with Crippen molar-refractivity contribution in [1.82, 2.24) is 9.97 Å². The Balaban J connectivity index is 1.67. The fourth-order valence-electron chi connectivity index (χ4n) is 2.71. The monoisotopic (exact) mass is 463 g/mol. The van der Waals surface area contributed by atoms with E-state index in [-0.39, 0.29) is 17.9 Å². The van der Waals surface area contributed by atoms with Gasteiger partial charge in [-0.05, 0) is 42.8 Å². The molecule has 3 aromatic rings. The van der Waals surface area contributed by atoms with Gasteiger partial charge in [-0.2, -0.15) is 0 Å². The molecule has 2 N–H and O–H groups in total. The quantitative estimate of drug-likeness (QED) is 0.385. The van der Waals surface area contributed by atoms with Crippen LogP contribution in [0.2, 0.25) is 10.0 Å². The Kier molecular flexibility index (Phi) is 7.42. The third-order valence-corrected chi connectivity index (χ3v) is 5.93. The second-order valence-electron chi connectivity index (χ2n) is 6.43. The van der Waals surface area contributed by atoms with E-state index in [0.29, 0.717) is 37.9 Å². The minimum absolute atomic E-state index is 0.102. The number of hydrogen-bond acceptors (Lipinski definition) is 5. The smallest absolute Gasteiger partial charge is 0.255 e. The summed E-state index contributed by atoms with van der Waals surface area (Å²) in [6.07, 6.45) is -0.102. The normalized spacial score (nSPS) is 10.7. The molecule has 0 saturated heterocycles. The number of aryl methyl sites for hydroxylation is 1. The van der Waals surface area contributed by atoms with Crippen LogP contribution < -0.4 is 15.6 Å². The van der Waals surface area contributed by atoms with E-state index < -0.39 is 0 Å². The van der Waals surface area contributed by atoms with Crippen LogP contribution in [0.4, 0.5) is 5.69 Å². The fraction of sp³-hybridized carbons (Fsp3) is 0.190. The average Bonchev–Trinajstić information content (AvgIpc) is 2.72. The van der Waals surface area contributed by atoms with Gasteiger partial charge in [-0.1, -0.05) is 47.1 Å². The van der Waals surface area contributed by atoms with Crippen molar-refractivity contribution in [1.29, 1.82) is 0 Å². The number of nitrogens with one attached hydrogen (secondary N) is 2. The molecule has 0 aliphatic heterocycles. The van der Waals surface area contributed by atoms with Gasteiger partial charge in [-0.25, -0.2) is 4.98 Å². The molecule has 0 saturated carbocycles. The topological polar surface area (TPSA) is 84.1 Å². The van der Waals surface area contributed by atoms with E-state index in [1.54, 1.807) is 32.2 Å². The Morgan fingerprint density at radius 2 is 2.00 bits per heavy atom. The number of hydrogen-bond donors (Lipinski definition) is 2. The van der Waals surface area contributed by atoms with Crippen LogP contribution in [0, 0.1) is 6.92 Å². The molecule has 3 rings (SSSR count). The molecule has 2 aromatic carbocycles. The van der Waals surface area contributed by atoms with E-state index in [4.69, 9.17) is 27.9 Å². The second kappa shape index (κ2) is 10.0. The minimum atomic E-state index is -0.347. The van der Waals surface area contributed by atoms with Gasteiger partial charge in [0.15, 0.2) is 5.16 Å². The Morgan fingerprint density at radius 3 is 2.70 bits per heavy atom. The largest absolute Gasteiger partial charge is 0.497 e. The molecule has 1 heterocycles. The summed E-state index contributed by atoms with van der Waals surface area (Å²) in [6, 6.07) is 12.5. The predicted octanol–water partition coefficient (Wildman–Crippen LogP) is 4.87. The van der Waals surface area contributed by atoms with E-state index >= 15 is 0 Å². The first kappa shape index (κ1) is 22.2. The average molecular weight is 464 g/mol. The van der Waals surface area contributed by atoms with Gasteiger partial charge in [-0.15, -0.1) is 0 Å². The molecule has 0 radical (unpaired) electrons. The van der Waals surface area contributed by atoms with E-state index in [2.05, 4.69) is 15.3 Å². The summed E-state index contributed by atoms with van der Waals surface area (Å²) in [6.45, 7) is 1.71. The summed E-state index contributed by atoms with van der Waals surface area (Å²) in [5.41, 5.74) is 2.04. The molecule has 0 atom stereocenters. The van der Waals surface area contributed by atoms with Crippen molar-refractivity contribution >= 4 is 46.6 Å². The van der Waals surface area contributed by atoms with Gasteiger partial charge in [0, 0.05) is 22.7 Å². The number of carbonyl (C=O) groups is 1. The van der Waals surface area contributed by atoms with Crippen molar-refractivity contribution in [2.45, 2.75) is 24.3 Å². The van der Waals surface area contributed by atoms with Crippen LogP contribution in [0.3, 0.4) is 0 Å². The van der Waals surface area contributed by atoms with Crippen LogP contribution in [-0.2, 0) is 17.0 Å². The molecule has 1 aromatic heterocycles. The second-order valence-corrected chi connectivity index (χ2v) is 8.21. The maximum absolute atomic E-state index is 12.5.